The molecule has 5 heteroatoms. The van der Waals surface area contributed by atoms with Gasteiger partial charge in [0.15, 0.2) is 0 Å². The molecule has 0 saturated heterocycles. The first kappa shape index (κ1) is 43.5. The van der Waals surface area contributed by atoms with Crippen molar-refractivity contribution in [3.63, 3.8) is 0 Å². The second kappa shape index (κ2) is 16.7. The van der Waals surface area contributed by atoms with Crippen LogP contribution in [0.15, 0.2) is 84.9 Å². The summed E-state index contributed by atoms with van der Waals surface area (Å²) in [7, 11) is 7.20. The summed E-state index contributed by atoms with van der Waals surface area (Å²) in [5.74, 6) is 4.87. The molecule has 10 radical (unpaired) electrons. The third-order valence-electron chi connectivity index (χ3n) is 13.2. The van der Waals surface area contributed by atoms with Crippen LogP contribution in [-0.2, 0) is 15.7 Å². The second-order valence-corrected chi connectivity index (χ2v) is 24.1. The molecule has 302 valence electrons. The van der Waals surface area contributed by atoms with Gasteiger partial charge in [-0.2, -0.15) is 0 Å². The molecule has 4 aromatic rings. The van der Waals surface area contributed by atoms with E-state index in [0.29, 0.717) is 12.1 Å². The number of hydrogen-bond donors (Lipinski definition) is 0. The molecule has 3 aliphatic rings. The number of ether oxygens (including phenoxy) is 1. The summed E-state index contributed by atoms with van der Waals surface area (Å²) in [6.07, 6.45) is 14.0. The van der Waals surface area contributed by atoms with Gasteiger partial charge in [0, 0.05) is 62.1 Å². The molecule has 0 bridgehead atoms. The quantitative estimate of drug-likeness (QED) is 0.133. The van der Waals surface area contributed by atoms with Crippen molar-refractivity contribution < 1.29 is 4.74 Å². The highest BCUT2D eigenvalue weighted by molar-refractivity contribution is 7.70. The fraction of sp³-hybridized carbons (Fsp3) is 0.358. The van der Waals surface area contributed by atoms with E-state index in [2.05, 4.69) is 231 Å². The van der Waals surface area contributed by atoms with E-state index in [1.165, 1.54) is 67.1 Å². The molecule has 4 aromatic carbocycles. The van der Waals surface area contributed by atoms with Crippen LogP contribution >= 0.6 is 15.8 Å². The van der Waals surface area contributed by atoms with E-state index in [-0.39, 0.29) is 15.7 Å². The van der Waals surface area contributed by atoms with E-state index < -0.39 is 15.8 Å². The Morgan fingerprint density at radius 1 is 0.552 bits per heavy atom. The van der Waals surface area contributed by atoms with Crippen molar-refractivity contribution in [2.45, 2.75) is 97.0 Å². The molecule has 0 amide bonds. The molecule has 2 aliphatic carbocycles. The van der Waals surface area contributed by atoms with Crippen molar-refractivity contribution in [3.05, 3.63) is 180 Å². The summed E-state index contributed by atoms with van der Waals surface area (Å²) < 4.78 is 7.10. The van der Waals surface area contributed by atoms with Gasteiger partial charge in [-0.3, -0.25) is 0 Å². The summed E-state index contributed by atoms with van der Waals surface area (Å²) in [6.45, 7) is 23.9. The van der Waals surface area contributed by atoms with Crippen molar-refractivity contribution in [1.29, 1.82) is 0 Å². The first-order valence-corrected chi connectivity index (χ1v) is 23.6. The van der Waals surface area contributed by atoms with Gasteiger partial charge in [0.2, 0.25) is 0 Å². The van der Waals surface area contributed by atoms with Crippen LogP contribution in [0, 0.1) is 75.5 Å². The maximum Gasteiger partial charge on any atom is 0.134 e. The molecule has 4 atom stereocenters. The molecule has 7 rings (SSSR count). The van der Waals surface area contributed by atoms with Gasteiger partial charge in [-0.05, 0) is 127 Å². The number of fused-ring (bicyclic) bond motifs is 2. The second-order valence-electron chi connectivity index (χ2n) is 18.5. The van der Waals surface area contributed by atoms with Crippen LogP contribution in [0.25, 0.3) is 0 Å². The molecule has 1 aliphatic heterocycles. The van der Waals surface area contributed by atoms with E-state index in [4.69, 9.17) is 4.74 Å². The zero-order valence-corrected chi connectivity index (χ0v) is 39.2. The minimum Gasteiger partial charge on any atom is -0.456 e. The lowest BCUT2D eigenvalue weighted by atomic mass is 9.72. The van der Waals surface area contributed by atoms with E-state index in [1.54, 1.807) is 0 Å². The Morgan fingerprint density at radius 3 is 1.26 bits per heavy atom. The summed E-state index contributed by atoms with van der Waals surface area (Å²) in [4.78, 5) is 4.66. The third-order valence-corrected chi connectivity index (χ3v) is 19.4. The number of benzene rings is 4. The fourth-order valence-corrected chi connectivity index (χ4v) is 15.4. The maximum atomic E-state index is 7.10. The van der Waals surface area contributed by atoms with Gasteiger partial charge in [0.25, 0.3) is 0 Å². The predicted octanol–water partition coefficient (Wildman–Crippen LogP) is 12.2. The molecular formula is C53H64N2OP2. The molecule has 58 heavy (non-hydrogen) atoms. The molecule has 0 spiro atoms. The number of rotatable bonds is 12. The Labute approximate surface area is 356 Å². The van der Waals surface area contributed by atoms with E-state index in [1.807, 2.05) is 0 Å². The normalized spacial score (nSPS) is 20.2. The summed E-state index contributed by atoms with van der Waals surface area (Å²) >= 11 is 0. The topological polar surface area (TPSA) is 15.7 Å². The Balaban J connectivity index is 1.32. The monoisotopic (exact) mass is 806 g/mol. The highest BCUT2D eigenvalue weighted by Crippen LogP contribution is 2.70. The van der Waals surface area contributed by atoms with Crippen molar-refractivity contribution in [3.8, 4) is 11.5 Å². The lowest BCUT2D eigenvalue weighted by Crippen LogP contribution is -2.35. The molecular weight excluding hydrogens is 743 g/mol. The Hall–Kier alpha value is -2.54. The standard InChI is InChI=1S/C53H64N2OP2/c1-35-31-39(52(7,8)57(41-23-17-15-18-24-41)47-29-21-27-43(47)37(3)54(11)12)33-45-49(35)56-50-36(2)32-40(34-46(50)51(45,5)6)53(9,10)58(42-25-19-16-20-26-42)48-30-22-28-44(48)38(4)55(13)14/h15-34,37-38H,1-14H3/t37-,38-,57?,58?/m0/s1. The molecule has 0 N–H and O–H groups in total. The zero-order chi connectivity index (χ0) is 41.9. The lowest BCUT2D eigenvalue weighted by molar-refractivity contribution is 0.333. The average molecular weight is 807 g/mol. The highest BCUT2D eigenvalue weighted by atomic mass is 31.1. The zero-order valence-electron chi connectivity index (χ0n) is 37.4. The molecule has 3 nitrogen and oxygen atoms in total. The number of nitrogens with zero attached hydrogens (tertiary/aromatic N) is 2. The van der Waals surface area contributed by atoms with Gasteiger partial charge in [-0.15, -0.1) is 0 Å². The molecule has 0 aromatic heterocycles. The van der Waals surface area contributed by atoms with Crippen LogP contribution in [0.1, 0.15) is 88.8 Å². The van der Waals surface area contributed by atoms with Crippen LogP contribution < -0.4 is 15.3 Å². The van der Waals surface area contributed by atoms with Crippen LogP contribution in [0.2, 0.25) is 0 Å². The Kier molecular flexibility index (Phi) is 12.6. The number of hydrogen-bond acceptors (Lipinski definition) is 3. The lowest BCUT2D eigenvalue weighted by Gasteiger charge is -2.45. The summed E-state index contributed by atoms with van der Waals surface area (Å²) in [6, 6.07) is 33.0. The first-order chi connectivity index (χ1) is 27.4. The van der Waals surface area contributed by atoms with Gasteiger partial charge in [0.1, 0.15) is 11.5 Å². The minimum atomic E-state index is -0.774. The summed E-state index contributed by atoms with van der Waals surface area (Å²) in [5.41, 5.74) is 10.3. The van der Waals surface area contributed by atoms with E-state index >= 15 is 0 Å². The van der Waals surface area contributed by atoms with Gasteiger partial charge < -0.3 is 14.5 Å². The molecule has 2 unspecified atom stereocenters. The van der Waals surface area contributed by atoms with Crippen LogP contribution in [0.4, 0.5) is 0 Å². The summed E-state index contributed by atoms with van der Waals surface area (Å²) in [5, 5.41) is 2.47. The van der Waals surface area contributed by atoms with Crippen molar-refractivity contribution in [2.75, 3.05) is 28.2 Å². The SMILES string of the molecule is Cc1cc(C(C)(C)P([C]2[CH][CH][CH][C]2[C@H](C)N(C)C)c2ccccc2)cc2c1Oc1c(C)cc(C(C)(C)P([C]3[CH][CH][CH][C]3[C@H](C)N(C)C)c3ccccc3)cc1C2(C)C. The predicted molar refractivity (Wildman–Crippen MR) is 252 cm³/mol. The Bertz CT molecular complexity index is 1910. The minimum absolute atomic E-state index is 0.172. The van der Waals surface area contributed by atoms with Gasteiger partial charge in [-0.25, -0.2) is 0 Å². The van der Waals surface area contributed by atoms with Crippen LogP contribution in [0.5, 0.6) is 11.5 Å². The molecule has 1 heterocycles. The number of aryl methyl sites for hydroxylation is 2. The molecule has 2 fully saturated rings. The van der Waals surface area contributed by atoms with Crippen LogP contribution in [-0.4, -0.2) is 50.1 Å². The Morgan fingerprint density at radius 2 is 0.914 bits per heavy atom. The van der Waals surface area contributed by atoms with Crippen molar-refractivity contribution >= 4 is 26.5 Å². The van der Waals surface area contributed by atoms with Gasteiger partial charge in [0.05, 0.1) is 0 Å². The largest absolute Gasteiger partial charge is 0.456 e. The highest BCUT2D eigenvalue weighted by Gasteiger charge is 2.49. The van der Waals surface area contributed by atoms with Crippen LogP contribution in [0.3, 0.4) is 0 Å². The van der Waals surface area contributed by atoms with Gasteiger partial charge in [-0.1, -0.05) is 142 Å². The first-order valence-electron chi connectivity index (χ1n) is 20.9. The van der Waals surface area contributed by atoms with E-state index in [0.717, 1.165) is 11.5 Å². The molecule has 2 saturated carbocycles. The maximum absolute atomic E-state index is 7.10. The van der Waals surface area contributed by atoms with Gasteiger partial charge >= 0.3 is 0 Å². The fourth-order valence-electron chi connectivity index (χ4n) is 9.16. The average Bonchev–Trinajstić information content (AvgIpc) is 3.86. The smallest absolute Gasteiger partial charge is 0.134 e. The third kappa shape index (κ3) is 7.79. The van der Waals surface area contributed by atoms with E-state index in [9.17, 15) is 0 Å². The van der Waals surface area contributed by atoms with Crippen molar-refractivity contribution in [1.82, 2.24) is 9.80 Å². The van der Waals surface area contributed by atoms with Crippen molar-refractivity contribution in [2.24, 2.45) is 0 Å².